The third-order valence-corrected chi connectivity index (χ3v) is 6.06. The maximum absolute atomic E-state index is 14.0. The lowest BCUT2D eigenvalue weighted by atomic mass is 10.1. The van der Waals surface area contributed by atoms with E-state index in [0.29, 0.717) is 48.5 Å². The van der Waals surface area contributed by atoms with Gasteiger partial charge in [0.05, 0.1) is 11.1 Å². The third-order valence-electron chi connectivity index (χ3n) is 5.82. The minimum Gasteiger partial charge on any atom is -0.353 e. The number of nitrogens with one attached hydrogen (secondary N) is 1. The van der Waals surface area contributed by atoms with Crippen LogP contribution in [0, 0.1) is 23.3 Å². The first-order valence-corrected chi connectivity index (χ1v) is 11.5. The Morgan fingerprint density at radius 3 is 2.36 bits per heavy atom. The average Bonchev–Trinajstić information content (AvgIpc) is 2.89. The van der Waals surface area contributed by atoms with Crippen molar-refractivity contribution in [1.82, 2.24) is 15.2 Å². The Balaban J connectivity index is 1.30. The zero-order valence-electron chi connectivity index (χ0n) is 18.9. The van der Waals surface area contributed by atoms with E-state index in [4.69, 9.17) is 11.6 Å². The van der Waals surface area contributed by atoms with Crippen molar-refractivity contribution in [3.8, 4) is 0 Å². The van der Waals surface area contributed by atoms with Gasteiger partial charge in [-0.15, -0.1) is 0 Å². The monoisotopic (exact) mass is 520 g/mol. The van der Waals surface area contributed by atoms with Crippen molar-refractivity contribution in [2.24, 2.45) is 0 Å². The largest absolute Gasteiger partial charge is 0.353 e. The van der Waals surface area contributed by atoms with Gasteiger partial charge in [-0.1, -0.05) is 23.7 Å². The molecule has 188 valence electrons. The van der Waals surface area contributed by atoms with Gasteiger partial charge in [-0.05, 0) is 42.3 Å². The first kappa shape index (κ1) is 25.4. The summed E-state index contributed by atoms with van der Waals surface area (Å²) in [5.74, 6) is -7.95. The maximum Gasteiger partial charge on any atom is 0.257 e. The smallest absolute Gasteiger partial charge is 0.257 e. The molecule has 36 heavy (non-hydrogen) atoms. The zero-order valence-corrected chi connectivity index (χ0v) is 19.7. The summed E-state index contributed by atoms with van der Waals surface area (Å²) < 4.78 is 54.1. The molecule has 2 heterocycles. The number of anilines is 1. The van der Waals surface area contributed by atoms with Crippen molar-refractivity contribution in [3.05, 3.63) is 93.6 Å². The number of hydrogen-bond donors (Lipinski definition) is 1. The van der Waals surface area contributed by atoms with Crippen LogP contribution in [0.5, 0.6) is 0 Å². The molecule has 1 N–H and O–H groups in total. The van der Waals surface area contributed by atoms with Crippen LogP contribution in [0.15, 0.2) is 48.7 Å². The molecule has 3 aromatic rings. The lowest BCUT2D eigenvalue weighted by molar-refractivity contribution is 0.0739. The molecule has 2 aromatic carbocycles. The van der Waals surface area contributed by atoms with Crippen LogP contribution >= 0.6 is 11.6 Å². The first-order valence-electron chi connectivity index (χ1n) is 11.1. The van der Waals surface area contributed by atoms with Crippen LogP contribution in [-0.4, -0.2) is 54.4 Å². The molecule has 2 amide bonds. The van der Waals surface area contributed by atoms with Crippen LogP contribution in [0.1, 0.15) is 26.3 Å². The number of halogens is 5. The van der Waals surface area contributed by atoms with Gasteiger partial charge in [0.2, 0.25) is 0 Å². The van der Waals surface area contributed by atoms with Crippen molar-refractivity contribution >= 4 is 29.2 Å². The Labute approximate surface area is 209 Å². The molecule has 4 rings (SSSR count). The summed E-state index contributed by atoms with van der Waals surface area (Å²) in [5, 5.41) is 3.46. The number of nitrogens with zero attached hydrogens (tertiary/aromatic N) is 3. The van der Waals surface area contributed by atoms with Crippen LogP contribution in [0.3, 0.4) is 0 Å². The van der Waals surface area contributed by atoms with E-state index in [1.54, 1.807) is 18.2 Å². The molecule has 1 aliphatic heterocycles. The highest BCUT2D eigenvalue weighted by Crippen LogP contribution is 2.22. The van der Waals surface area contributed by atoms with Gasteiger partial charge < -0.3 is 15.1 Å². The lowest BCUT2D eigenvalue weighted by Crippen LogP contribution is -2.49. The number of benzene rings is 2. The Morgan fingerprint density at radius 2 is 1.69 bits per heavy atom. The summed E-state index contributed by atoms with van der Waals surface area (Å²) in [6, 6.07) is 11.1. The van der Waals surface area contributed by atoms with E-state index >= 15 is 0 Å². The van der Waals surface area contributed by atoms with Gasteiger partial charge in [0, 0.05) is 43.9 Å². The number of amides is 2. The van der Waals surface area contributed by atoms with Gasteiger partial charge >= 0.3 is 0 Å². The molecular formula is C25H21ClF4N4O2. The molecule has 0 unspecified atom stereocenters. The van der Waals surface area contributed by atoms with E-state index in [-0.39, 0.29) is 19.0 Å². The van der Waals surface area contributed by atoms with Gasteiger partial charge in [0.25, 0.3) is 11.8 Å². The van der Waals surface area contributed by atoms with E-state index in [9.17, 15) is 27.2 Å². The summed E-state index contributed by atoms with van der Waals surface area (Å²) in [5.41, 5.74) is 0.532. The van der Waals surface area contributed by atoms with E-state index in [0.717, 1.165) is 5.56 Å². The second kappa shape index (κ2) is 10.9. The SMILES string of the molecule is O=C(NCCc1cccc(Cl)c1)c1ccc(N2CCN(C(=O)c3cc(F)c(F)c(F)c3F)CC2)nc1. The van der Waals surface area contributed by atoms with Gasteiger partial charge in [-0.3, -0.25) is 9.59 Å². The predicted molar refractivity (Wildman–Crippen MR) is 126 cm³/mol. The fourth-order valence-corrected chi connectivity index (χ4v) is 4.07. The van der Waals surface area contributed by atoms with Gasteiger partial charge in [0.15, 0.2) is 23.3 Å². The summed E-state index contributed by atoms with van der Waals surface area (Å²) in [6.07, 6.45) is 2.07. The number of hydrogen-bond acceptors (Lipinski definition) is 4. The molecule has 0 atom stereocenters. The number of carbonyl (C=O) groups excluding carboxylic acids is 2. The summed E-state index contributed by atoms with van der Waals surface area (Å²) in [7, 11) is 0. The number of piperazine rings is 1. The van der Waals surface area contributed by atoms with Gasteiger partial charge in [0.1, 0.15) is 5.82 Å². The Kier molecular flexibility index (Phi) is 7.73. The molecule has 1 saturated heterocycles. The minimum absolute atomic E-state index is 0.131. The van der Waals surface area contributed by atoms with Gasteiger partial charge in [-0.2, -0.15) is 0 Å². The van der Waals surface area contributed by atoms with Crippen molar-refractivity contribution < 1.29 is 27.2 Å². The van der Waals surface area contributed by atoms with Crippen LogP contribution < -0.4 is 10.2 Å². The van der Waals surface area contributed by atoms with Crippen LogP contribution in [0.25, 0.3) is 0 Å². The highest BCUT2D eigenvalue weighted by molar-refractivity contribution is 6.30. The summed E-state index contributed by atoms with van der Waals surface area (Å²) in [6.45, 7) is 1.33. The molecule has 0 bridgehead atoms. The fraction of sp³-hybridized carbons (Fsp3) is 0.240. The number of aromatic nitrogens is 1. The maximum atomic E-state index is 14.0. The molecular weight excluding hydrogens is 500 g/mol. The second-order valence-corrected chi connectivity index (χ2v) is 8.60. The highest BCUT2D eigenvalue weighted by Gasteiger charge is 2.28. The number of rotatable bonds is 6. The topological polar surface area (TPSA) is 65.5 Å². The molecule has 1 aliphatic rings. The van der Waals surface area contributed by atoms with E-state index in [1.165, 1.54) is 11.1 Å². The highest BCUT2D eigenvalue weighted by atomic mass is 35.5. The Hall–Kier alpha value is -3.66. The molecule has 6 nitrogen and oxygen atoms in total. The average molecular weight is 521 g/mol. The van der Waals surface area contributed by atoms with Crippen LogP contribution in [0.2, 0.25) is 5.02 Å². The molecule has 0 aliphatic carbocycles. The van der Waals surface area contributed by atoms with Crippen molar-refractivity contribution in [2.75, 3.05) is 37.6 Å². The minimum atomic E-state index is -2.02. The van der Waals surface area contributed by atoms with Crippen LogP contribution in [0.4, 0.5) is 23.4 Å². The molecule has 0 radical (unpaired) electrons. The Morgan fingerprint density at radius 1 is 0.944 bits per heavy atom. The molecule has 1 fully saturated rings. The van der Waals surface area contributed by atoms with E-state index in [1.807, 2.05) is 23.1 Å². The van der Waals surface area contributed by atoms with Crippen molar-refractivity contribution in [2.45, 2.75) is 6.42 Å². The molecule has 1 aromatic heterocycles. The summed E-state index contributed by atoms with van der Waals surface area (Å²) >= 11 is 5.96. The van der Waals surface area contributed by atoms with E-state index in [2.05, 4.69) is 10.3 Å². The summed E-state index contributed by atoms with van der Waals surface area (Å²) in [4.78, 5) is 32.3. The third kappa shape index (κ3) is 5.59. The molecule has 0 spiro atoms. The van der Waals surface area contributed by atoms with E-state index < -0.39 is 34.7 Å². The second-order valence-electron chi connectivity index (χ2n) is 8.17. The molecule has 0 saturated carbocycles. The predicted octanol–water partition coefficient (Wildman–Crippen LogP) is 4.23. The standard InChI is InChI=1S/C25H21ClF4N4O2/c26-17-3-1-2-15(12-17)6-7-31-24(35)16-4-5-20(32-14-16)33-8-10-34(11-9-33)25(36)18-13-19(27)22(29)23(30)21(18)28/h1-5,12-14H,6-11H2,(H,31,35). The number of carbonyl (C=O) groups is 2. The molecule has 11 heteroatoms. The van der Waals surface area contributed by atoms with Crippen molar-refractivity contribution in [3.63, 3.8) is 0 Å². The fourth-order valence-electron chi connectivity index (χ4n) is 3.86. The Bertz CT molecular complexity index is 1280. The normalized spacial score (nSPS) is 13.6. The van der Waals surface area contributed by atoms with Crippen LogP contribution in [-0.2, 0) is 6.42 Å². The quantitative estimate of drug-likeness (QED) is 0.300. The van der Waals surface area contributed by atoms with Crippen molar-refractivity contribution in [1.29, 1.82) is 0 Å². The lowest BCUT2D eigenvalue weighted by Gasteiger charge is -2.35. The van der Waals surface area contributed by atoms with Gasteiger partial charge in [-0.25, -0.2) is 22.5 Å². The first-order chi connectivity index (χ1) is 17.2. The zero-order chi connectivity index (χ0) is 25.8. The number of pyridine rings is 1.